The second-order valence-electron chi connectivity index (χ2n) is 10.4. The highest BCUT2D eigenvalue weighted by Crippen LogP contribution is 2.22. The van der Waals surface area contributed by atoms with Crippen molar-refractivity contribution in [2.75, 3.05) is 13.1 Å². The van der Waals surface area contributed by atoms with Gasteiger partial charge in [-0.2, -0.15) is 0 Å². The molecular weight excluding hydrogens is 516 g/mol. The summed E-state index contributed by atoms with van der Waals surface area (Å²) in [5, 5.41) is 15.8. The number of nitrogens with two attached hydrogens (primary N) is 3. The van der Waals surface area contributed by atoms with E-state index in [1.807, 2.05) is 30.5 Å². The number of amides is 3. The van der Waals surface area contributed by atoms with Crippen LogP contribution in [0, 0.1) is 5.92 Å². The molecule has 0 saturated carbocycles. The number of nitrogens with one attached hydrogen (secondary N) is 3. The lowest BCUT2D eigenvalue weighted by atomic mass is 10.0. The largest absolute Gasteiger partial charge is 0.480 e. The number of aliphatic carboxylic acids is 1. The van der Waals surface area contributed by atoms with Crippen LogP contribution in [-0.4, -0.2) is 81.9 Å². The number of rotatable bonds is 13. The summed E-state index contributed by atoms with van der Waals surface area (Å²) in [6.07, 6.45) is 3.65. The van der Waals surface area contributed by atoms with Crippen molar-refractivity contribution in [3.05, 3.63) is 36.0 Å². The Hall–Kier alpha value is -4.13. The number of carboxylic acid groups (broad SMARTS) is 1. The third-order valence-electron chi connectivity index (χ3n) is 7.08. The minimum absolute atomic E-state index is 0.100. The minimum atomic E-state index is -1.20. The van der Waals surface area contributed by atoms with Gasteiger partial charge in [-0.05, 0) is 49.7 Å². The molecule has 13 nitrogen and oxygen atoms in total. The maximum atomic E-state index is 13.3. The molecule has 2 aromatic rings. The van der Waals surface area contributed by atoms with E-state index < -0.39 is 42.0 Å². The van der Waals surface area contributed by atoms with Crippen molar-refractivity contribution in [2.45, 2.75) is 70.1 Å². The number of aromatic nitrogens is 1. The van der Waals surface area contributed by atoms with Crippen molar-refractivity contribution in [1.29, 1.82) is 0 Å². The number of hydrogen-bond acceptors (Lipinski definition) is 6. The van der Waals surface area contributed by atoms with Crippen LogP contribution in [0.15, 0.2) is 35.5 Å². The Morgan fingerprint density at radius 2 is 1.90 bits per heavy atom. The first-order valence-corrected chi connectivity index (χ1v) is 13.5. The Labute approximate surface area is 232 Å². The van der Waals surface area contributed by atoms with Crippen LogP contribution >= 0.6 is 0 Å². The molecule has 4 atom stereocenters. The number of carbonyl (C=O) groups excluding carboxylic acids is 3. The number of likely N-dealkylation sites (tertiary alicyclic amines) is 1. The molecule has 1 saturated heterocycles. The third-order valence-corrected chi connectivity index (χ3v) is 7.08. The van der Waals surface area contributed by atoms with Gasteiger partial charge < -0.3 is 42.8 Å². The lowest BCUT2D eigenvalue weighted by Crippen LogP contribution is -2.58. The molecular formula is C27H40N8O5. The maximum Gasteiger partial charge on any atom is 0.326 e. The number of guanidine groups is 1. The molecule has 2 heterocycles. The topological polar surface area (TPSA) is 222 Å². The standard InChI is InChI=1S/C27H40N8O5/c1-15(2)22(24(37)33-20(26(39)40)9-5-11-31-27(29)30)34-23(36)21-10-6-12-35(21)25(38)18(28)13-16-14-32-19-8-4-3-7-17(16)19/h3-4,7-8,14-15,18,20-22,32H,5-6,9-13,28H2,1-2H3,(H,33,37)(H,34,36)(H,39,40)(H4,29,30,31). The molecule has 1 aliphatic heterocycles. The van der Waals surface area contributed by atoms with Crippen LogP contribution in [0.2, 0.25) is 0 Å². The quantitative estimate of drug-likeness (QED) is 0.0991. The molecule has 40 heavy (non-hydrogen) atoms. The van der Waals surface area contributed by atoms with Gasteiger partial charge >= 0.3 is 5.97 Å². The van der Waals surface area contributed by atoms with Crippen LogP contribution < -0.4 is 27.8 Å². The summed E-state index contributed by atoms with van der Waals surface area (Å²) in [7, 11) is 0. The molecule has 1 aromatic heterocycles. The molecule has 0 radical (unpaired) electrons. The Balaban J connectivity index is 1.62. The molecule has 1 aromatic carbocycles. The van der Waals surface area contributed by atoms with Gasteiger partial charge in [0, 0.05) is 30.2 Å². The summed E-state index contributed by atoms with van der Waals surface area (Å²) in [5.41, 5.74) is 18.7. The van der Waals surface area contributed by atoms with Gasteiger partial charge in [0.1, 0.15) is 18.1 Å². The summed E-state index contributed by atoms with van der Waals surface area (Å²) >= 11 is 0. The van der Waals surface area contributed by atoms with Crippen molar-refractivity contribution in [3.8, 4) is 0 Å². The van der Waals surface area contributed by atoms with Crippen molar-refractivity contribution >= 4 is 40.6 Å². The van der Waals surface area contributed by atoms with Crippen LogP contribution in [0.4, 0.5) is 0 Å². The number of fused-ring (bicyclic) bond motifs is 1. The number of aromatic amines is 1. The maximum absolute atomic E-state index is 13.3. The molecule has 3 amide bonds. The second-order valence-corrected chi connectivity index (χ2v) is 10.4. The lowest BCUT2D eigenvalue weighted by Gasteiger charge is -2.29. The number of benzene rings is 1. The Morgan fingerprint density at radius 1 is 1.18 bits per heavy atom. The van der Waals surface area contributed by atoms with E-state index in [9.17, 15) is 24.3 Å². The van der Waals surface area contributed by atoms with Crippen LogP contribution in [0.5, 0.6) is 0 Å². The summed E-state index contributed by atoms with van der Waals surface area (Å²) in [6, 6.07) is 3.96. The smallest absolute Gasteiger partial charge is 0.326 e. The summed E-state index contributed by atoms with van der Waals surface area (Å²) < 4.78 is 0. The number of carboxylic acids is 1. The van der Waals surface area contributed by atoms with Gasteiger partial charge in [0.15, 0.2) is 5.96 Å². The van der Waals surface area contributed by atoms with Crippen LogP contribution in [-0.2, 0) is 25.6 Å². The van der Waals surface area contributed by atoms with Crippen LogP contribution in [0.3, 0.4) is 0 Å². The summed E-state index contributed by atoms with van der Waals surface area (Å²) in [5.74, 6) is -3.07. The van der Waals surface area contributed by atoms with Gasteiger partial charge in [0.05, 0.1) is 6.04 Å². The van der Waals surface area contributed by atoms with Crippen molar-refractivity contribution < 1.29 is 24.3 Å². The highest BCUT2D eigenvalue weighted by molar-refractivity contribution is 5.95. The number of para-hydroxylation sites is 1. The molecule has 1 fully saturated rings. The average molecular weight is 557 g/mol. The zero-order valence-corrected chi connectivity index (χ0v) is 22.9. The molecule has 218 valence electrons. The lowest BCUT2D eigenvalue weighted by molar-refractivity contribution is -0.143. The van der Waals surface area contributed by atoms with Gasteiger partial charge in [-0.3, -0.25) is 19.4 Å². The van der Waals surface area contributed by atoms with Gasteiger partial charge in [-0.25, -0.2) is 4.79 Å². The summed E-state index contributed by atoms with van der Waals surface area (Å²) in [6.45, 7) is 4.09. The highest BCUT2D eigenvalue weighted by Gasteiger charge is 2.38. The molecule has 3 rings (SSSR count). The first-order valence-electron chi connectivity index (χ1n) is 13.5. The monoisotopic (exact) mass is 556 g/mol. The number of aliphatic imine (C=N–C) groups is 1. The number of nitrogens with zero attached hydrogens (tertiary/aromatic N) is 2. The predicted molar refractivity (Wildman–Crippen MR) is 151 cm³/mol. The van der Waals surface area contributed by atoms with Gasteiger partial charge in [0.2, 0.25) is 17.7 Å². The van der Waals surface area contributed by atoms with Gasteiger partial charge in [-0.1, -0.05) is 32.0 Å². The highest BCUT2D eigenvalue weighted by atomic mass is 16.4. The van der Waals surface area contributed by atoms with E-state index in [2.05, 4.69) is 20.6 Å². The first kappa shape index (κ1) is 30.4. The Kier molecular flexibility index (Phi) is 10.5. The fourth-order valence-corrected chi connectivity index (χ4v) is 4.95. The zero-order valence-electron chi connectivity index (χ0n) is 22.9. The normalized spacial score (nSPS) is 17.3. The van der Waals surface area contributed by atoms with E-state index >= 15 is 0 Å². The molecule has 0 aliphatic carbocycles. The van der Waals surface area contributed by atoms with Gasteiger partial charge in [0.25, 0.3) is 0 Å². The SMILES string of the molecule is CC(C)C(NC(=O)C1CCCN1C(=O)C(N)Cc1c[nH]c2ccccc12)C(=O)NC(CCCN=C(N)N)C(=O)O. The first-order chi connectivity index (χ1) is 19.0. The fourth-order valence-electron chi connectivity index (χ4n) is 4.95. The molecule has 0 spiro atoms. The summed E-state index contributed by atoms with van der Waals surface area (Å²) in [4.78, 5) is 59.8. The number of H-pyrrole nitrogens is 1. The van der Waals surface area contributed by atoms with E-state index in [-0.39, 0.29) is 30.8 Å². The molecule has 10 N–H and O–H groups in total. The van der Waals surface area contributed by atoms with Gasteiger partial charge in [-0.15, -0.1) is 0 Å². The Morgan fingerprint density at radius 3 is 2.58 bits per heavy atom. The molecule has 13 heteroatoms. The molecule has 0 bridgehead atoms. The van der Waals surface area contributed by atoms with Crippen molar-refractivity contribution in [2.24, 2.45) is 28.1 Å². The zero-order chi connectivity index (χ0) is 29.4. The van der Waals surface area contributed by atoms with E-state index in [0.717, 1.165) is 16.5 Å². The second kappa shape index (κ2) is 13.8. The predicted octanol–water partition coefficient (Wildman–Crippen LogP) is -0.207. The third kappa shape index (κ3) is 7.72. The number of hydrogen-bond donors (Lipinski definition) is 7. The fraction of sp³-hybridized carbons (Fsp3) is 0.519. The van der Waals surface area contributed by atoms with Crippen molar-refractivity contribution in [3.63, 3.8) is 0 Å². The van der Waals surface area contributed by atoms with E-state index in [4.69, 9.17) is 17.2 Å². The number of carbonyl (C=O) groups is 4. The molecule has 1 aliphatic rings. The van der Waals surface area contributed by atoms with Crippen molar-refractivity contribution in [1.82, 2.24) is 20.5 Å². The molecule has 4 unspecified atom stereocenters. The minimum Gasteiger partial charge on any atom is -0.480 e. The van der Waals surface area contributed by atoms with Crippen LogP contribution in [0.1, 0.15) is 45.1 Å². The van der Waals surface area contributed by atoms with Crippen LogP contribution in [0.25, 0.3) is 10.9 Å². The van der Waals surface area contributed by atoms with E-state index in [1.165, 1.54) is 4.90 Å². The Bertz CT molecular complexity index is 1240. The van der Waals surface area contributed by atoms with E-state index in [0.29, 0.717) is 32.2 Å². The van der Waals surface area contributed by atoms with E-state index in [1.54, 1.807) is 13.8 Å². The average Bonchev–Trinajstić information content (AvgIpc) is 3.55.